The summed E-state index contributed by atoms with van der Waals surface area (Å²) in [6, 6.07) is 18.9. The van der Waals surface area contributed by atoms with Gasteiger partial charge in [0.1, 0.15) is 5.75 Å². The molecule has 0 radical (unpaired) electrons. The molecule has 0 saturated carbocycles. The number of benzene rings is 2. The third-order valence-electron chi connectivity index (χ3n) is 5.73. The van der Waals surface area contributed by atoms with Crippen LogP contribution in [0.4, 0.5) is 5.13 Å². The van der Waals surface area contributed by atoms with E-state index in [0.717, 1.165) is 35.9 Å². The summed E-state index contributed by atoms with van der Waals surface area (Å²) >= 11 is 1.72. The lowest BCUT2D eigenvalue weighted by molar-refractivity contribution is 0.414. The maximum atomic E-state index is 5.25. The van der Waals surface area contributed by atoms with Gasteiger partial charge in [-0.15, -0.1) is 0 Å². The zero-order chi connectivity index (χ0) is 20.3. The minimum absolute atomic E-state index is 0.726. The van der Waals surface area contributed by atoms with Crippen LogP contribution in [0.5, 0.6) is 5.75 Å². The summed E-state index contributed by atoms with van der Waals surface area (Å²) in [4.78, 5) is 9.86. The maximum Gasteiger partial charge on any atom is 0.185 e. The highest BCUT2D eigenvalue weighted by Gasteiger charge is 2.21. The van der Waals surface area contributed by atoms with Gasteiger partial charge in [0.15, 0.2) is 10.8 Å². The lowest BCUT2D eigenvalue weighted by atomic mass is 9.96. The van der Waals surface area contributed by atoms with Crippen LogP contribution in [-0.2, 0) is 19.4 Å². The van der Waals surface area contributed by atoms with Gasteiger partial charge in [0.05, 0.1) is 11.8 Å². The summed E-state index contributed by atoms with van der Waals surface area (Å²) in [6.07, 6.45) is 5.89. The summed E-state index contributed by atoms with van der Waals surface area (Å²) in [5.74, 6) is 0.872. The van der Waals surface area contributed by atoms with Crippen molar-refractivity contribution in [2.75, 3.05) is 12.4 Å². The van der Waals surface area contributed by atoms with E-state index in [4.69, 9.17) is 14.7 Å². The van der Waals surface area contributed by atoms with Crippen LogP contribution >= 0.6 is 11.3 Å². The molecule has 5 heteroatoms. The van der Waals surface area contributed by atoms with Crippen LogP contribution in [0.2, 0.25) is 0 Å². The molecule has 0 bridgehead atoms. The molecule has 0 atom stereocenters. The fourth-order valence-electron chi connectivity index (χ4n) is 4.18. The van der Waals surface area contributed by atoms with Crippen molar-refractivity contribution in [2.45, 2.75) is 38.6 Å². The average molecular weight is 416 g/mol. The summed E-state index contributed by atoms with van der Waals surface area (Å²) in [7, 11) is 1.69. The second-order valence-electron chi connectivity index (χ2n) is 7.71. The Balaban J connectivity index is 1.53. The molecule has 0 amide bonds. The molecule has 1 aliphatic carbocycles. The summed E-state index contributed by atoms with van der Waals surface area (Å²) < 4.78 is 6.44. The third kappa shape index (κ3) is 3.77. The molecule has 2 aromatic heterocycles. The van der Waals surface area contributed by atoms with Crippen molar-refractivity contribution in [3.63, 3.8) is 0 Å². The maximum absolute atomic E-state index is 5.25. The van der Waals surface area contributed by atoms with Crippen LogP contribution in [0.25, 0.3) is 21.5 Å². The van der Waals surface area contributed by atoms with Gasteiger partial charge in [0.2, 0.25) is 0 Å². The highest BCUT2D eigenvalue weighted by molar-refractivity contribution is 7.22. The number of pyridine rings is 1. The molecular formula is C25H25N3OS. The fourth-order valence-corrected chi connectivity index (χ4v) is 5.18. The van der Waals surface area contributed by atoms with Gasteiger partial charge in [0, 0.05) is 17.8 Å². The molecule has 4 aromatic rings. The van der Waals surface area contributed by atoms with E-state index >= 15 is 0 Å². The fraction of sp³-hybridized carbons (Fsp3) is 0.280. The van der Waals surface area contributed by atoms with Crippen molar-refractivity contribution in [1.29, 1.82) is 0 Å². The van der Waals surface area contributed by atoms with Crippen molar-refractivity contribution < 1.29 is 4.74 Å². The Bertz CT molecular complexity index is 1150. The smallest absolute Gasteiger partial charge is 0.185 e. The van der Waals surface area contributed by atoms with Crippen molar-refractivity contribution in [1.82, 2.24) is 9.97 Å². The van der Waals surface area contributed by atoms with Gasteiger partial charge < -0.3 is 10.1 Å². The van der Waals surface area contributed by atoms with Gasteiger partial charge in [-0.25, -0.2) is 9.97 Å². The van der Waals surface area contributed by atoms with E-state index in [-0.39, 0.29) is 0 Å². The number of nitrogens with one attached hydrogen (secondary N) is 1. The highest BCUT2D eigenvalue weighted by Crippen LogP contribution is 2.40. The Kier molecular flexibility index (Phi) is 5.37. The first kappa shape index (κ1) is 19.1. The molecular weight excluding hydrogens is 390 g/mol. The van der Waals surface area contributed by atoms with Crippen LogP contribution in [0.1, 0.15) is 36.1 Å². The Morgan fingerprint density at radius 1 is 0.933 bits per heavy atom. The van der Waals surface area contributed by atoms with Crippen molar-refractivity contribution >= 4 is 26.8 Å². The zero-order valence-electron chi connectivity index (χ0n) is 17.1. The monoisotopic (exact) mass is 415 g/mol. The van der Waals surface area contributed by atoms with E-state index in [1.807, 2.05) is 12.1 Å². The molecule has 2 aromatic carbocycles. The molecule has 0 spiro atoms. The Morgan fingerprint density at radius 3 is 2.53 bits per heavy atom. The number of methoxy groups -OCH3 is 1. The molecule has 152 valence electrons. The van der Waals surface area contributed by atoms with Crippen LogP contribution in [0, 0.1) is 0 Å². The Labute approximate surface area is 181 Å². The molecule has 0 saturated heterocycles. The van der Waals surface area contributed by atoms with Crippen LogP contribution < -0.4 is 10.1 Å². The first-order chi connectivity index (χ1) is 14.8. The Morgan fingerprint density at radius 2 is 1.73 bits per heavy atom. The minimum atomic E-state index is 0.726. The van der Waals surface area contributed by atoms with E-state index in [0.29, 0.717) is 0 Å². The molecule has 0 aliphatic heterocycles. The predicted octanol–water partition coefficient (Wildman–Crippen LogP) is 6.25. The lowest BCUT2D eigenvalue weighted by Crippen LogP contribution is -2.00. The molecule has 1 aliphatic rings. The molecule has 2 heterocycles. The van der Waals surface area contributed by atoms with Crippen LogP contribution in [-0.4, -0.2) is 17.1 Å². The number of nitrogens with zero attached hydrogens (tertiary/aromatic N) is 2. The number of anilines is 1. The first-order valence-electron chi connectivity index (χ1n) is 10.6. The van der Waals surface area contributed by atoms with E-state index in [2.05, 4.69) is 47.8 Å². The lowest BCUT2D eigenvalue weighted by Gasteiger charge is -2.13. The quantitative estimate of drug-likeness (QED) is 0.392. The number of rotatable bonds is 5. The molecule has 30 heavy (non-hydrogen) atoms. The molecule has 1 N–H and O–H groups in total. The molecule has 4 nitrogen and oxygen atoms in total. The number of aromatic nitrogens is 2. The zero-order valence-corrected chi connectivity index (χ0v) is 18.0. The van der Waals surface area contributed by atoms with E-state index in [9.17, 15) is 0 Å². The van der Waals surface area contributed by atoms with Crippen LogP contribution in [0.3, 0.4) is 0 Å². The summed E-state index contributed by atoms with van der Waals surface area (Å²) in [6.45, 7) is 0.726. The number of fused-ring (bicyclic) bond motifs is 2. The predicted molar refractivity (Wildman–Crippen MR) is 124 cm³/mol. The minimum Gasteiger partial charge on any atom is -0.497 e. The van der Waals surface area contributed by atoms with Gasteiger partial charge >= 0.3 is 0 Å². The largest absolute Gasteiger partial charge is 0.497 e. The van der Waals surface area contributed by atoms with Crippen molar-refractivity contribution in [3.8, 4) is 16.9 Å². The summed E-state index contributed by atoms with van der Waals surface area (Å²) in [5.41, 5.74) is 7.35. The number of thiazole rings is 1. The molecule has 5 rings (SSSR count). The van der Waals surface area contributed by atoms with E-state index < -0.39 is 0 Å². The van der Waals surface area contributed by atoms with Gasteiger partial charge in [-0.3, -0.25) is 0 Å². The van der Waals surface area contributed by atoms with Crippen molar-refractivity contribution in [2.24, 2.45) is 0 Å². The second kappa shape index (κ2) is 8.44. The first-order valence-corrected chi connectivity index (χ1v) is 11.4. The third-order valence-corrected chi connectivity index (χ3v) is 6.75. The summed E-state index contributed by atoms with van der Waals surface area (Å²) in [5, 5.41) is 4.42. The second-order valence-corrected chi connectivity index (χ2v) is 8.71. The van der Waals surface area contributed by atoms with Gasteiger partial charge in [-0.1, -0.05) is 60.2 Å². The number of ether oxygens (including phenoxy) is 1. The SMILES string of the molecule is COc1ccc(CNc2nc3nc4c(c(-c5ccccc5)c3s2)CCCCC4)cc1. The standard InChI is InChI=1S/C25H25N3OS/c1-29-19-14-12-17(13-15-19)16-26-25-28-24-23(30-25)22(18-8-4-2-5-9-18)20-10-6-3-7-11-21(20)27-24/h2,4-5,8-9,12-15H,3,6-7,10-11,16H2,1H3,(H,26,27,28). The van der Waals surface area contributed by atoms with Gasteiger partial charge in [-0.05, 0) is 54.5 Å². The average Bonchev–Trinajstić information content (AvgIpc) is 3.05. The van der Waals surface area contributed by atoms with Crippen LogP contribution in [0.15, 0.2) is 54.6 Å². The van der Waals surface area contributed by atoms with Gasteiger partial charge in [0.25, 0.3) is 0 Å². The van der Waals surface area contributed by atoms with E-state index in [1.165, 1.54) is 51.9 Å². The van der Waals surface area contributed by atoms with Gasteiger partial charge in [-0.2, -0.15) is 0 Å². The number of aryl methyl sites for hydroxylation is 1. The van der Waals surface area contributed by atoms with E-state index in [1.54, 1.807) is 18.4 Å². The highest BCUT2D eigenvalue weighted by atomic mass is 32.1. The molecule has 0 fully saturated rings. The normalized spacial score (nSPS) is 13.6. The number of hydrogen-bond acceptors (Lipinski definition) is 5. The molecule has 0 unspecified atom stereocenters. The Hall–Kier alpha value is -2.92. The topological polar surface area (TPSA) is 47.0 Å². The number of hydrogen-bond donors (Lipinski definition) is 1. The van der Waals surface area contributed by atoms with Crippen molar-refractivity contribution in [3.05, 3.63) is 71.4 Å².